The van der Waals surface area contributed by atoms with E-state index in [0.717, 1.165) is 16.8 Å². The molecule has 0 spiro atoms. The first kappa shape index (κ1) is 33.1. The van der Waals surface area contributed by atoms with Gasteiger partial charge in [0.15, 0.2) is 23.6 Å². The van der Waals surface area contributed by atoms with Crippen molar-refractivity contribution in [2.75, 3.05) is 31.7 Å². The molecule has 2 aromatic carbocycles. The molecule has 2 amide bonds. The number of nitrogens with zero attached hydrogens (tertiary/aromatic N) is 5. The fourth-order valence-corrected chi connectivity index (χ4v) is 6.21. The zero-order valence-electron chi connectivity index (χ0n) is 23.7. The van der Waals surface area contributed by atoms with Crippen LogP contribution in [0.2, 0.25) is 10.0 Å². The van der Waals surface area contributed by atoms with Crippen LogP contribution in [-0.4, -0.2) is 110 Å². The molecule has 0 aliphatic carbocycles. The first-order chi connectivity index (χ1) is 21.3. The molecule has 3 aromatic rings. The topological polar surface area (TPSA) is 150 Å². The van der Waals surface area contributed by atoms with E-state index in [1.165, 1.54) is 48.2 Å². The van der Waals surface area contributed by atoms with Gasteiger partial charge in [-0.2, -0.15) is 0 Å². The minimum Gasteiger partial charge on any atom is -0.394 e. The summed E-state index contributed by atoms with van der Waals surface area (Å²) in [5.41, 5.74) is -0.0934. The van der Waals surface area contributed by atoms with E-state index in [1.54, 1.807) is 0 Å². The monoisotopic (exact) mass is 673 g/mol. The number of halogens is 5. The van der Waals surface area contributed by atoms with Crippen LogP contribution in [0.25, 0.3) is 11.3 Å². The SMILES string of the molecule is COC1C(C(=O)N(c2cc(Cl)cc(Cl)c2)[C@H]2CN(C(C)=O)C[C@@H]2O)OC(CO)C(O)C1n1cc(-c2cc(F)c(F)c(F)c2)nn1. The molecule has 3 heterocycles. The molecule has 242 valence electrons. The Balaban J connectivity index is 1.56. The molecule has 0 saturated carbocycles. The van der Waals surface area contributed by atoms with Gasteiger partial charge in [0, 0.05) is 48.4 Å². The maximum Gasteiger partial charge on any atom is 0.259 e. The second-order valence-corrected chi connectivity index (χ2v) is 11.6. The molecule has 12 nitrogen and oxygen atoms in total. The van der Waals surface area contributed by atoms with Crippen molar-refractivity contribution in [3.8, 4) is 11.3 Å². The minimum atomic E-state index is -1.66. The molecule has 5 unspecified atom stereocenters. The number of rotatable bonds is 7. The normalized spacial score (nSPS) is 26.7. The third-order valence-electron chi connectivity index (χ3n) is 7.88. The number of aliphatic hydroxyl groups is 3. The molecule has 2 fully saturated rings. The Labute approximate surface area is 264 Å². The van der Waals surface area contributed by atoms with E-state index >= 15 is 0 Å². The summed E-state index contributed by atoms with van der Waals surface area (Å²) in [5, 5.41) is 40.5. The van der Waals surface area contributed by atoms with Gasteiger partial charge in [-0.05, 0) is 30.3 Å². The molecular formula is C28H28Cl2F3N5O7. The summed E-state index contributed by atoms with van der Waals surface area (Å²) in [6.07, 6.45) is -5.79. The van der Waals surface area contributed by atoms with Crippen molar-refractivity contribution >= 4 is 40.7 Å². The predicted molar refractivity (Wildman–Crippen MR) is 153 cm³/mol. The number of benzene rings is 2. The molecule has 2 aliphatic rings. The number of aliphatic hydroxyl groups excluding tert-OH is 3. The molecule has 2 aliphatic heterocycles. The summed E-state index contributed by atoms with van der Waals surface area (Å²) < 4.78 is 54.0. The lowest BCUT2D eigenvalue weighted by atomic mass is 9.91. The van der Waals surface area contributed by atoms with E-state index in [1.807, 2.05) is 0 Å². The Kier molecular flexibility index (Phi) is 9.70. The smallest absolute Gasteiger partial charge is 0.259 e. The van der Waals surface area contributed by atoms with Gasteiger partial charge in [0.25, 0.3) is 5.91 Å². The van der Waals surface area contributed by atoms with E-state index in [4.69, 9.17) is 32.7 Å². The van der Waals surface area contributed by atoms with Crippen molar-refractivity contribution in [3.05, 3.63) is 64.0 Å². The lowest BCUT2D eigenvalue weighted by molar-refractivity contribution is -0.211. The number of hydrogen-bond acceptors (Lipinski definition) is 9. The maximum absolute atomic E-state index is 14.5. The Hall–Kier alpha value is -3.31. The number of carbonyl (C=O) groups excluding carboxylic acids is 2. The largest absolute Gasteiger partial charge is 0.394 e. The van der Waals surface area contributed by atoms with Crippen LogP contribution in [0.5, 0.6) is 0 Å². The fraction of sp³-hybridized carbons (Fsp3) is 0.429. The van der Waals surface area contributed by atoms with Crippen LogP contribution < -0.4 is 4.90 Å². The molecule has 5 rings (SSSR count). The minimum absolute atomic E-state index is 0.0521. The third kappa shape index (κ3) is 6.38. The van der Waals surface area contributed by atoms with Crippen LogP contribution >= 0.6 is 23.2 Å². The van der Waals surface area contributed by atoms with Gasteiger partial charge in [-0.15, -0.1) is 5.10 Å². The highest BCUT2D eigenvalue weighted by atomic mass is 35.5. The van der Waals surface area contributed by atoms with Gasteiger partial charge in [0.1, 0.15) is 30.0 Å². The standard InChI is InChI=1S/C28H28Cl2F3N5O7/c1-12(40)36-9-20(21(41)10-36)38(16-6-14(29)5-15(30)7-16)28(43)27-26(44-2)24(25(42)22(11-39)45-27)37-8-19(34-35-37)13-3-17(31)23(33)18(32)4-13/h3-8,20-22,24-27,39,41-42H,9-11H2,1-2H3/t20-,21-,22?,24?,25?,26?,27?/m0/s1. The van der Waals surface area contributed by atoms with Gasteiger partial charge < -0.3 is 34.6 Å². The second-order valence-electron chi connectivity index (χ2n) is 10.7. The summed E-state index contributed by atoms with van der Waals surface area (Å²) in [4.78, 5) is 29.2. The Morgan fingerprint density at radius 2 is 1.73 bits per heavy atom. The molecule has 2 saturated heterocycles. The van der Waals surface area contributed by atoms with Crippen molar-refractivity contribution in [1.29, 1.82) is 0 Å². The van der Waals surface area contributed by atoms with Crippen molar-refractivity contribution in [2.45, 2.75) is 49.5 Å². The summed E-state index contributed by atoms with van der Waals surface area (Å²) in [6.45, 7) is 0.455. The molecule has 0 radical (unpaired) electrons. The first-order valence-electron chi connectivity index (χ1n) is 13.6. The number of hydrogen-bond donors (Lipinski definition) is 3. The molecule has 17 heteroatoms. The van der Waals surface area contributed by atoms with E-state index in [9.17, 15) is 38.1 Å². The molecule has 1 aromatic heterocycles. The highest BCUT2D eigenvalue weighted by Gasteiger charge is 2.52. The number of anilines is 1. The molecule has 3 N–H and O–H groups in total. The first-order valence-corrected chi connectivity index (χ1v) is 14.4. The summed E-state index contributed by atoms with van der Waals surface area (Å²) >= 11 is 12.5. The van der Waals surface area contributed by atoms with Crippen molar-refractivity contribution in [3.63, 3.8) is 0 Å². The van der Waals surface area contributed by atoms with Crippen LogP contribution in [0, 0.1) is 17.5 Å². The van der Waals surface area contributed by atoms with Gasteiger partial charge in [0.05, 0.1) is 24.9 Å². The van der Waals surface area contributed by atoms with Crippen LogP contribution in [-0.2, 0) is 19.1 Å². The zero-order valence-corrected chi connectivity index (χ0v) is 25.2. The average Bonchev–Trinajstić information content (AvgIpc) is 3.62. The molecule has 45 heavy (non-hydrogen) atoms. The summed E-state index contributed by atoms with van der Waals surface area (Å²) in [7, 11) is 1.23. The number of β-amino-alcohol motifs (C(OH)–C–C–N with tert-alkyl or cyclic N) is 1. The Morgan fingerprint density at radius 1 is 1.09 bits per heavy atom. The second kappa shape index (κ2) is 13.2. The summed E-state index contributed by atoms with van der Waals surface area (Å²) in [6, 6.07) is 3.48. The number of amides is 2. The highest BCUT2D eigenvalue weighted by Crippen LogP contribution is 2.37. The molecule has 0 bridgehead atoms. The molecule has 7 atom stereocenters. The quantitative estimate of drug-likeness (QED) is 0.320. The maximum atomic E-state index is 14.5. The van der Waals surface area contributed by atoms with E-state index in [-0.39, 0.29) is 46.0 Å². The van der Waals surface area contributed by atoms with E-state index in [0.29, 0.717) is 0 Å². The molecular weight excluding hydrogens is 646 g/mol. The van der Waals surface area contributed by atoms with Gasteiger partial charge in [-0.3, -0.25) is 9.59 Å². The van der Waals surface area contributed by atoms with Gasteiger partial charge in [-0.25, -0.2) is 17.9 Å². The highest BCUT2D eigenvalue weighted by molar-refractivity contribution is 6.35. The lowest BCUT2D eigenvalue weighted by Crippen LogP contribution is -2.63. The fourth-order valence-electron chi connectivity index (χ4n) is 5.70. The Bertz CT molecular complexity index is 1560. The van der Waals surface area contributed by atoms with Crippen molar-refractivity contribution in [1.82, 2.24) is 19.9 Å². The van der Waals surface area contributed by atoms with Crippen LogP contribution in [0.3, 0.4) is 0 Å². The number of methoxy groups -OCH3 is 1. The number of carbonyl (C=O) groups is 2. The third-order valence-corrected chi connectivity index (χ3v) is 8.31. The average molecular weight is 674 g/mol. The Morgan fingerprint density at radius 3 is 2.29 bits per heavy atom. The predicted octanol–water partition coefficient (Wildman–Crippen LogP) is 1.97. The lowest BCUT2D eigenvalue weighted by Gasteiger charge is -2.45. The van der Waals surface area contributed by atoms with Gasteiger partial charge >= 0.3 is 0 Å². The number of aromatic nitrogens is 3. The zero-order chi connectivity index (χ0) is 32.7. The van der Waals surface area contributed by atoms with Crippen LogP contribution in [0.1, 0.15) is 13.0 Å². The van der Waals surface area contributed by atoms with Crippen molar-refractivity contribution in [2.24, 2.45) is 0 Å². The number of ether oxygens (including phenoxy) is 2. The van der Waals surface area contributed by atoms with Crippen LogP contribution in [0.15, 0.2) is 36.5 Å². The van der Waals surface area contributed by atoms with Crippen molar-refractivity contribution < 1.29 is 47.6 Å². The summed E-state index contributed by atoms with van der Waals surface area (Å²) in [5.74, 6) is -5.70. The van der Waals surface area contributed by atoms with Crippen LogP contribution in [0.4, 0.5) is 18.9 Å². The van der Waals surface area contributed by atoms with E-state index in [2.05, 4.69) is 10.3 Å². The number of likely N-dealkylation sites (tertiary alicyclic amines) is 1. The van der Waals surface area contributed by atoms with Gasteiger partial charge in [-0.1, -0.05) is 28.4 Å². The van der Waals surface area contributed by atoms with E-state index < -0.39 is 72.6 Å². The van der Waals surface area contributed by atoms with Gasteiger partial charge in [0.2, 0.25) is 5.91 Å².